The summed E-state index contributed by atoms with van der Waals surface area (Å²) in [4.78, 5) is 0. The minimum Gasteiger partial charge on any atom is -0.497 e. The van der Waals surface area contributed by atoms with Crippen LogP contribution in [0.15, 0.2) is 18.2 Å². The molecule has 0 bridgehead atoms. The van der Waals surface area contributed by atoms with Gasteiger partial charge in [0.05, 0.1) is 27.4 Å². The second kappa shape index (κ2) is 9.58. The molecule has 0 aliphatic rings. The SMILES string of the molecule is CNC(CCOCCOC)c1cc(OC)ccc1OC. The van der Waals surface area contributed by atoms with Crippen molar-refractivity contribution >= 4 is 0 Å². The zero-order chi connectivity index (χ0) is 14.8. The van der Waals surface area contributed by atoms with Gasteiger partial charge in [0, 0.05) is 25.3 Å². The van der Waals surface area contributed by atoms with Gasteiger partial charge in [-0.15, -0.1) is 0 Å². The van der Waals surface area contributed by atoms with Crippen LogP contribution in [0.3, 0.4) is 0 Å². The Bertz CT molecular complexity index is 384. The summed E-state index contributed by atoms with van der Waals surface area (Å²) < 4.78 is 21.2. The molecule has 114 valence electrons. The number of nitrogens with one attached hydrogen (secondary N) is 1. The van der Waals surface area contributed by atoms with Gasteiger partial charge in [0.2, 0.25) is 0 Å². The van der Waals surface area contributed by atoms with Crippen LogP contribution in [-0.2, 0) is 9.47 Å². The van der Waals surface area contributed by atoms with E-state index in [1.54, 1.807) is 21.3 Å². The molecule has 0 saturated carbocycles. The molecule has 5 heteroatoms. The lowest BCUT2D eigenvalue weighted by atomic mass is 10.0. The highest BCUT2D eigenvalue weighted by atomic mass is 16.5. The Morgan fingerprint density at radius 3 is 2.45 bits per heavy atom. The fourth-order valence-corrected chi connectivity index (χ4v) is 2.01. The molecule has 1 unspecified atom stereocenters. The van der Waals surface area contributed by atoms with Crippen LogP contribution < -0.4 is 14.8 Å². The summed E-state index contributed by atoms with van der Waals surface area (Å²) >= 11 is 0. The van der Waals surface area contributed by atoms with Gasteiger partial charge in [0.25, 0.3) is 0 Å². The molecule has 1 atom stereocenters. The summed E-state index contributed by atoms with van der Waals surface area (Å²) in [6, 6.07) is 5.96. The van der Waals surface area contributed by atoms with Crippen LogP contribution in [0.5, 0.6) is 11.5 Å². The Hall–Kier alpha value is -1.30. The molecule has 0 heterocycles. The molecule has 0 spiro atoms. The van der Waals surface area contributed by atoms with Gasteiger partial charge in [-0.3, -0.25) is 0 Å². The summed E-state index contributed by atoms with van der Waals surface area (Å²) in [7, 11) is 6.93. The van der Waals surface area contributed by atoms with Crippen molar-refractivity contribution in [3.05, 3.63) is 23.8 Å². The van der Waals surface area contributed by atoms with Crippen molar-refractivity contribution in [2.45, 2.75) is 12.5 Å². The first-order chi connectivity index (χ1) is 9.76. The molecule has 0 aliphatic heterocycles. The fraction of sp³-hybridized carbons (Fsp3) is 0.600. The van der Waals surface area contributed by atoms with Gasteiger partial charge in [0.1, 0.15) is 11.5 Å². The summed E-state index contributed by atoms with van der Waals surface area (Å²) in [6.07, 6.45) is 0.851. The standard InChI is InChI=1S/C15H25NO4/c1-16-14(7-8-20-10-9-17-2)13-11-12(18-3)5-6-15(13)19-4/h5-6,11,14,16H,7-10H2,1-4H3. The monoisotopic (exact) mass is 283 g/mol. The van der Waals surface area contributed by atoms with Crippen LogP contribution in [-0.4, -0.2) is 48.2 Å². The zero-order valence-electron chi connectivity index (χ0n) is 12.8. The molecule has 20 heavy (non-hydrogen) atoms. The van der Waals surface area contributed by atoms with Crippen LogP contribution >= 0.6 is 0 Å². The molecule has 0 aliphatic carbocycles. The van der Waals surface area contributed by atoms with E-state index in [9.17, 15) is 0 Å². The van der Waals surface area contributed by atoms with Gasteiger partial charge in [-0.25, -0.2) is 0 Å². The Kier molecular flexibility index (Phi) is 8.02. The van der Waals surface area contributed by atoms with Gasteiger partial charge >= 0.3 is 0 Å². The zero-order valence-corrected chi connectivity index (χ0v) is 12.8. The highest BCUT2D eigenvalue weighted by Gasteiger charge is 2.15. The van der Waals surface area contributed by atoms with E-state index in [-0.39, 0.29) is 6.04 Å². The molecule has 0 aromatic heterocycles. The number of ether oxygens (including phenoxy) is 4. The van der Waals surface area contributed by atoms with Crippen molar-refractivity contribution in [1.82, 2.24) is 5.32 Å². The van der Waals surface area contributed by atoms with Gasteiger partial charge in [-0.1, -0.05) is 0 Å². The maximum atomic E-state index is 5.52. The van der Waals surface area contributed by atoms with Crippen LogP contribution in [0.25, 0.3) is 0 Å². The van der Waals surface area contributed by atoms with E-state index in [0.29, 0.717) is 19.8 Å². The Labute approximate surface area is 121 Å². The van der Waals surface area contributed by atoms with Crippen molar-refractivity contribution in [2.75, 3.05) is 48.2 Å². The third kappa shape index (κ3) is 5.00. The molecule has 5 nitrogen and oxygen atoms in total. The normalized spacial score (nSPS) is 12.2. The van der Waals surface area contributed by atoms with Gasteiger partial charge in [-0.2, -0.15) is 0 Å². The molecule has 1 aromatic rings. The maximum absolute atomic E-state index is 5.52. The quantitative estimate of drug-likeness (QED) is 0.666. The predicted octanol–water partition coefficient (Wildman–Crippen LogP) is 2.02. The van der Waals surface area contributed by atoms with Gasteiger partial charge < -0.3 is 24.3 Å². The third-order valence-corrected chi connectivity index (χ3v) is 3.14. The Morgan fingerprint density at radius 2 is 1.85 bits per heavy atom. The van der Waals surface area contributed by atoms with Crippen molar-refractivity contribution < 1.29 is 18.9 Å². The number of rotatable bonds is 10. The molecule has 1 aromatic carbocycles. The molecule has 0 fully saturated rings. The minimum absolute atomic E-state index is 0.155. The predicted molar refractivity (Wildman–Crippen MR) is 78.7 cm³/mol. The van der Waals surface area contributed by atoms with Crippen LogP contribution in [0.1, 0.15) is 18.0 Å². The molecule has 1 N–H and O–H groups in total. The number of hydrogen-bond donors (Lipinski definition) is 1. The highest BCUT2D eigenvalue weighted by molar-refractivity contribution is 5.42. The van der Waals surface area contributed by atoms with Crippen molar-refractivity contribution in [1.29, 1.82) is 0 Å². The average molecular weight is 283 g/mol. The van der Waals surface area contributed by atoms with Crippen LogP contribution in [0, 0.1) is 0 Å². The van der Waals surface area contributed by atoms with Crippen molar-refractivity contribution in [3.8, 4) is 11.5 Å². The van der Waals surface area contributed by atoms with E-state index in [4.69, 9.17) is 18.9 Å². The van der Waals surface area contributed by atoms with Crippen molar-refractivity contribution in [2.24, 2.45) is 0 Å². The summed E-state index contributed by atoms with van der Waals surface area (Å²) in [5.41, 5.74) is 1.07. The van der Waals surface area contributed by atoms with E-state index in [0.717, 1.165) is 23.5 Å². The number of benzene rings is 1. The largest absolute Gasteiger partial charge is 0.497 e. The number of methoxy groups -OCH3 is 3. The van der Waals surface area contributed by atoms with Crippen LogP contribution in [0.2, 0.25) is 0 Å². The first-order valence-corrected chi connectivity index (χ1v) is 6.72. The molecule has 0 saturated heterocycles. The smallest absolute Gasteiger partial charge is 0.123 e. The van der Waals surface area contributed by atoms with Gasteiger partial charge in [-0.05, 0) is 31.7 Å². The minimum atomic E-state index is 0.155. The molecule has 0 radical (unpaired) electrons. The lowest BCUT2D eigenvalue weighted by molar-refractivity contribution is 0.0660. The molecular formula is C15H25NO4. The molecule has 0 amide bonds. The molecular weight excluding hydrogens is 258 g/mol. The topological polar surface area (TPSA) is 49.0 Å². The Morgan fingerprint density at radius 1 is 1.05 bits per heavy atom. The van der Waals surface area contributed by atoms with Crippen LogP contribution in [0.4, 0.5) is 0 Å². The number of hydrogen-bond acceptors (Lipinski definition) is 5. The first-order valence-electron chi connectivity index (χ1n) is 6.72. The van der Waals surface area contributed by atoms with E-state index < -0.39 is 0 Å². The molecule has 1 rings (SSSR count). The van der Waals surface area contributed by atoms with E-state index in [1.165, 1.54) is 0 Å². The van der Waals surface area contributed by atoms with Gasteiger partial charge in [0.15, 0.2) is 0 Å². The van der Waals surface area contributed by atoms with E-state index >= 15 is 0 Å². The first kappa shape index (κ1) is 16.8. The Balaban J connectivity index is 2.67. The lowest BCUT2D eigenvalue weighted by Gasteiger charge is -2.20. The fourth-order valence-electron chi connectivity index (χ4n) is 2.01. The highest BCUT2D eigenvalue weighted by Crippen LogP contribution is 2.30. The summed E-state index contributed by atoms with van der Waals surface area (Å²) in [5.74, 6) is 1.67. The summed E-state index contributed by atoms with van der Waals surface area (Å²) in [6.45, 7) is 1.89. The lowest BCUT2D eigenvalue weighted by Crippen LogP contribution is -2.19. The van der Waals surface area contributed by atoms with E-state index in [2.05, 4.69) is 5.32 Å². The van der Waals surface area contributed by atoms with E-state index in [1.807, 2.05) is 25.2 Å². The van der Waals surface area contributed by atoms with Crippen molar-refractivity contribution in [3.63, 3.8) is 0 Å². The average Bonchev–Trinajstić information content (AvgIpc) is 2.50. The third-order valence-electron chi connectivity index (χ3n) is 3.14. The summed E-state index contributed by atoms with van der Waals surface area (Å²) in [5, 5.41) is 3.29. The second-order valence-electron chi connectivity index (χ2n) is 4.34. The maximum Gasteiger partial charge on any atom is 0.123 e. The second-order valence-corrected chi connectivity index (χ2v) is 4.34.